The second-order valence-electron chi connectivity index (χ2n) is 3.97. The lowest BCUT2D eigenvalue weighted by Gasteiger charge is -2.41. The number of hydrogen-bond acceptors (Lipinski definition) is 2. The Hall–Kier alpha value is -0.340. The lowest BCUT2D eigenvalue weighted by atomic mass is 9.67. The molecule has 0 radical (unpaired) electrons. The van der Waals surface area contributed by atoms with Crippen LogP contribution in [0.4, 0.5) is 0 Å². The van der Waals surface area contributed by atoms with E-state index in [0.717, 1.165) is 12.8 Å². The zero-order valence-corrected chi connectivity index (χ0v) is 8.97. The SMILES string of the molecule is CCC1C(O)CC1c1csc(C)c1. The van der Waals surface area contributed by atoms with Gasteiger partial charge in [0.1, 0.15) is 0 Å². The topological polar surface area (TPSA) is 20.2 Å². The Morgan fingerprint density at radius 1 is 1.62 bits per heavy atom. The monoisotopic (exact) mass is 196 g/mol. The molecule has 2 rings (SSSR count). The Bertz CT molecular complexity index is 292. The van der Waals surface area contributed by atoms with Gasteiger partial charge in [-0.15, -0.1) is 11.3 Å². The number of rotatable bonds is 2. The maximum Gasteiger partial charge on any atom is 0.0580 e. The molecule has 1 N–H and O–H groups in total. The molecule has 0 aromatic carbocycles. The molecule has 1 aromatic rings. The molecule has 13 heavy (non-hydrogen) atoms. The summed E-state index contributed by atoms with van der Waals surface area (Å²) in [6.45, 7) is 4.31. The van der Waals surface area contributed by atoms with Crippen molar-refractivity contribution in [2.45, 2.75) is 38.7 Å². The van der Waals surface area contributed by atoms with Crippen molar-refractivity contribution < 1.29 is 5.11 Å². The Labute approximate surface area is 83.4 Å². The van der Waals surface area contributed by atoms with Gasteiger partial charge in [-0.3, -0.25) is 0 Å². The highest BCUT2D eigenvalue weighted by atomic mass is 32.1. The minimum Gasteiger partial charge on any atom is -0.393 e. The maximum absolute atomic E-state index is 9.55. The van der Waals surface area contributed by atoms with E-state index in [1.54, 1.807) is 0 Å². The average molecular weight is 196 g/mol. The van der Waals surface area contributed by atoms with Gasteiger partial charge in [0, 0.05) is 4.88 Å². The Morgan fingerprint density at radius 3 is 2.85 bits per heavy atom. The van der Waals surface area contributed by atoms with Crippen LogP contribution in [0.3, 0.4) is 0 Å². The number of aliphatic hydroxyl groups excluding tert-OH is 1. The molecule has 0 saturated heterocycles. The summed E-state index contributed by atoms with van der Waals surface area (Å²) >= 11 is 1.81. The molecule has 1 aliphatic carbocycles. The molecular formula is C11H16OS. The lowest BCUT2D eigenvalue weighted by molar-refractivity contribution is -0.000598. The highest BCUT2D eigenvalue weighted by molar-refractivity contribution is 7.10. The predicted octanol–water partition coefficient (Wildman–Crippen LogP) is 2.93. The van der Waals surface area contributed by atoms with Crippen LogP contribution in [0.5, 0.6) is 0 Å². The molecule has 2 heteroatoms. The van der Waals surface area contributed by atoms with Crippen LogP contribution < -0.4 is 0 Å². The van der Waals surface area contributed by atoms with Crippen molar-refractivity contribution in [2.24, 2.45) is 5.92 Å². The highest BCUT2D eigenvalue weighted by Gasteiger charge is 2.39. The molecule has 1 aliphatic rings. The second-order valence-corrected chi connectivity index (χ2v) is 5.09. The molecule has 0 aliphatic heterocycles. The first-order chi connectivity index (χ1) is 6.22. The summed E-state index contributed by atoms with van der Waals surface area (Å²) in [4.78, 5) is 1.38. The molecule has 0 bridgehead atoms. The summed E-state index contributed by atoms with van der Waals surface area (Å²) in [7, 11) is 0. The standard InChI is InChI=1S/C11H16OS/c1-3-9-10(5-11(9)12)8-4-7(2)13-6-8/h4,6,9-12H,3,5H2,1-2H3. The molecule has 72 valence electrons. The van der Waals surface area contributed by atoms with Crippen LogP contribution in [0.1, 0.15) is 36.1 Å². The Morgan fingerprint density at radius 2 is 2.38 bits per heavy atom. The number of aliphatic hydroxyl groups is 1. The highest BCUT2D eigenvalue weighted by Crippen LogP contribution is 2.45. The van der Waals surface area contributed by atoms with Crippen molar-refractivity contribution in [3.63, 3.8) is 0 Å². The third-order valence-electron chi connectivity index (χ3n) is 3.16. The molecule has 3 atom stereocenters. The van der Waals surface area contributed by atoms with Crippen molar-refractivity contribution in [2.75, 3.05) is 0 Å². The largest absolute Gasteiger partial charge is 0.393 e. The van der Waals surface area contributed by atoms with Crippen molar-refractivity contribution in [1.82, 2.24) is 0 Å². The average Bonchev–Trinajstić information content (AvgIpc) is 2.48. The summed E-state index contributed by atoms with van der Waals surface area (Å²) in [5.74, 6) is 1.14. The maximum atomic E-state index is 9.55. The second kappa shape index (κ2) is 3.43. The summed E-state index contributed by atoms with van der Waals surface area (Å²) in [6, 6.07) is 2.27. The summed E-state index contributed by atoms with van der Waals surface area (Å²) in [6.07, 6.45) is 2.02. The summed E-state index contributed by atoms with van der Waals surface area (Å²) in [5.41, 5.74) is 1.44. The third kappa shape index (κ3) is 1.53. The molecular weight excluding hydrogens is 180 g/mol. The van der Waals surface area contributed by atoms with Crippen LogP contribution in [0.2, 0.25) is 0 Å². The van der Waals surface area contributed by atoms with Gasteiger partial charge in [0.15, 0.2) is 0 Å². The lowest BCUT2D eigenvalue weighted by Crippen LogP contribution is -2.38. The zero-order chi connectivity index (χ0) is 9.42. The normalized spacial score (nSPS) is 33.0. The number of aryl methyl sites for hydroxylation is 1. The van der Waals surface area contributed by atoms with Gasteiger partial charge in [-0.05, 0) is 42.2 Å². The minimum absolute atomic E-state index is 0.0461. The van der Waals surface area contributed by atoms with E-state index in [0.29, 0.717) is 11.8 Å². The Kier molecular flexibility index (Phi) is 2.43. The van der Waals surface area contributed by atoms with Gasteiger partial charge in [0.2, 0.25) is 0 Å². The third-order valence-corrected chi connectivity index (χ3v) is 4.04. The molecule has 0 amide bonds. The van der Waals surface area contributed by atoms with E-state index in [9.17, 15) is 5.11 Å². The van der Waals surface area contributed by atoms with Crippen LogP contribution in [-0.2, 0) is 0 Å². The molecule has 0 spiro atoms. The van der Waals surface area contributed by atoms with E-state index >= 15 is 0 Å². The smallest absolute Gasteiger partial charge is 0.0580 e. The van der Waals surface area contributed by atoms with Gasteiger partial charge in [0.05, 0.1) is 6.10 Å². The minimum atomic E-state index is -0.0461. The van der Waals surface area contributed by atoms with E-state index in [1.165, 1.54) is 10.4 Å². The fourth-order valence-electron chi connectivity index (χ4n) is 2.28. The number of thiophene rings is 1. The van der Waals surface area contributed by atoms with Crippen molar-refractivity contribution >= 4 is 11.3 Å². The van der Waals surface area contributed by atoms with E-state index < -0.39 is 0 Å². The first-order valence-electron chi connectivity index (χ1n) is 4.95. The molecule has 3 unspecified atom stereocenters. The van der Waals surface area contributed by atoms with E-state index in [4.69, 9.17) is 0 Å². The molecule has 1 saturated carbocycles. The van der Waals surface area contributed by atoms with Gasteiger partial charge in [-0.1, -0.05) is 13.3 Å². The van der Waals surface area contributed by atoms with E-state index in [-0.39, 0.29) is 6.10 Å². The number of hydrogen-bond donors (Lipinski definition) is 1. The van der Waals surface area contributed by atoms with Gasteiger partial charge >= 0.3 is 0 Å². The summed E-state index contributed by atoms with van der Waals surface area (Å²) < 4.78 is 0. The fourth-order valence-corrected chi connectivity index (χ4v) is 3.05. The van der Waals surface area contributed by atoms with Gasteiger partial charge in [-0.25, -0.2) is 0 Å². The first kappa shape index (κ1) is 9.22. The van der Waals surface area contributed by atoms with Gasteiger partial charge < -0.3 is 5.11 Å². The van der Waals surface area contributed by atoms with E-state index in [1.807, 2.05) is 11.3 Å². The summed E-state index contributed by atoms with van der Waals surface area (Å²) in [5, 5.41) is 11.8. The van der Waals surface area contributed by atoms with E-state index in [2.05, 4.69) is 25.3 Å². The van der Waals surface area contributed by atoms with Crippen LogP contribution >= 0.6 is 11.3 Å². The molecule has 1 nitrogen and oxygen atoms in total. The molecule has 1 heterocycles. The molecule has 1 aromatic heterocycles. The predicted molar refractivity (Wildman–Crippen MR) is 56.2 cm³/mol. The van der Waals surface area contributed by atoms with Crippen LogP contribution in [0.15, 0.2) is 11.4 Å². The van der Waals surface area contributed by atoms with Gasteiger partial charge in [0.25, 0.3) is 0 Å². The van der Waals surface area contributed by atoms with Crippen LogP contribution in [-0.4, -0.2) is 11.2 Å². The van der Waals surface area contributed by atoms with Crippen molar-refractivity contribution in [3.05, 3.63) is 21.9 Å². The zero-order valence-electron chi connectivity index (χ0n) is 8.16. The van der Waals surface area contributed by atoms with Crippen LogP contribution in [0, 0.1) is 12.8 Å². The van der Waals surface area contributed by atoms with Crippen LogP contribution in [0.25, 0.3) is 0 Å². The van der Waals surface area contributed by atoms with Crippen molar-refractivity contribution in [3.8, 4) is 0 Å². The fraction of sp³-hybridized carbons (Fsp3) is 0.636. The van der Waals surface area contributed by atoms with Gasteiger partial charge in [-0.2, -0.15) is 0 Å². The quantitative estimate of drug-likeness (QED) is 0.771. The Balaban J connectivity index is 2.11. The molecule has 1 fully saturated rings. The van der Waals surface area contributed by atoms with Crippen molar-refractivity contribution in [1.29, 1.82) is 0 Å². The first-order valence-corrected chi connectivity index (χ1v) is 5.83.